The average Bonchev–Trinajstić information content (AvgIpc) is 3.13. The minimum Gasteiger partial charge on any atom is -0.490 e. The molecule has 0 unspecified atom stereocenters. The zero-order chi connectivity index (χ0) is 21.7. The summed E-state index contributed by atoms with van der Waals surface area (Å²) in [6.07, 6.45) is 0. The summed E-state index contributed by atoms with van der Waals surface area (Å²) in [6, 6.07) is 9.46. The van der Waals surface area contributed by atoms with Crippen LogP contribution in [0.5, 0.6) is 23.0 Å². The minimum atomic E-state index is -0.311. The number of nitrogens with one attached hydrogen (secondary N) is 2. The van der Waals surface area contributed by atoms with Gasteiger partial charge in [0.2, 0.25) is 6.79 Å². The smallest absolute Gasteiger partial charge is 0.258 e. The Balaban J connectivity index is 1.68. The summed E-state index contributed by atoms with van der Waals surface area (Å²) in [5.41, 5.74) is 1.60. The lowest BCUT2D eigenvalue weighted by molar-refractivity contribution is -0.124. The molecule has 0 atom stereocenters. The highest BCUT2D eigenvalue weighted by atomic mass is 79.9. The van der Waals surface area contributed by atoms with E-state index in [4.69, 9.17) is 18.9 Å². The lowest BCUT2D eigenvalue weighted by Gasteiger charge is -2.21. The van der Waals surface area contributed by atoms with E-state index in [2.05, 4.69) is 26.6 Å². The molecule has 2 aromatic rings. The molecule has 1 amide bonds. The van der Waals surface area contributed by atoms with Crippen LogP contribution in [0.1, 0.15) is 33.3 Å². The molecule has 1 aliphatic rings. The van der Waals surface area contributed by atoms with Crippen molar-refractivity contribution in [2.24, 2.45) is 0 Å². The van der Waals surface area contributed by atoms with Crippen LogP contribution in [0.15, 0.2) is 34.8 Å². The highest BCUT2D eigenvalue weighted by Crippen LogP contribution is 2.36. The Hall–Kier alpha value is -2.61. The molecule has 0 saturated heterocycles. The average molecular weight is 479 g/mol. The summed E-state index contributed by atoms with van der Waals surface area (Å²) in [5.74, 6) is 2.39. The first-order chi connectivity index (χ1) is 14.2. The van der Waals surface area contributed by atoms with Gasteiger partial charge in [-0.3, -0.25) is 4.79 Å². The molecule has 1 aliphatic heterocycles. The number of benzene rings is 2. The van der Waals surface area contributed by atoms with Crippen molar-refractivity contribution in [3.05, 3.63) is 40.4 Å². The number of amides is 1. The molecule has 3 rings (SSSR count). The monoisotopic (exact) mass is 478 g/mol. The Morgan fingerprint density at radius 1 is 1.10 bits per heavy atom. The summed E-state index contributed by atoms with van der Waals surface area (Å²) in [4.78, 5) is 12.1. The van der Waals surface area contributed by atoms with E-state index >= 15 is 0 Å². The molecule has 0 spiro atoms. The van der Waals surface area contributed by atoms with E-state index in [1.54, 1.807) is 0 Å². The van der Waals surface area contributed by atoms with E-state index in [1.807, 2.05) is 58.0 Å². The minimum absolute atomic E-state index is 0.0847. The molecule has 1 heterocycles. The fraction of sp³-hybridized carbons (Fsp3) is 0.409. The number of hydrogen-bond acceptors (Lipinski definition) is 6. The first-order valence-corrected chi connectivity index (χ1v) is 10.6. The van der Waals surface area contributed by atoms with Crippen molar-refractivity contribution in [2.75, 3.05) is 25.3 Å². The molecule has 0 fully saturated rings. The van der Waals surface area contributed by atoms with E-state index in [0.717, 1.165) is 27.2 Å². The van der Waals surface area contributed by atoms with Gasteiger partial charge in [-0.25, -0.2) is 0 Å². The predicted molar refractivity (Wildman–Crippen MR) is 119 cm³/mol. The van der Waals surface area contributed by atoms with E-state index in [1.165, 1.54) is 0 Å². The Morgan fingerprint density at radius 3 is 2.57 bits per heavy atom. The fourth-order valence-electron chi connectivity index (χ4n) is 2.90. The van der Waals surface area contributed by atoms with Crippen LogP contribution >= 0.6 is 15.9 Å². The maximum Gasteiger partial charge on any atom is 0.258 e. The quantitative estimate of drug-likeness (QED) is 0.582. The lowest BCUT2D eigenvalue weighted by atomic mass is 10.1. The van der Waals surface area contributed by atoms with Gasteiger partial charge in [-0.2, -0.15) is 0 Å². The lowest BCUT2D eigenvalue weighted by Crippen LogP contribution is -2.43. The Kier molecular flexibility index (Phi) is 6.97. The van der Waals surface area contributed by atoms with Gasteiger partial charge in [-0.15, -0.1) is 0 Å². The van der Waals surface area contributed by atoms with Gasteiger partial charge < -0.3 is 29.6 Å². The summed E-state index contributed by atoms with van der Waals surface area (Å²) >= 11 is 3.59. The van der Waals surface area contributed by atoms with Crippen molar-refractivity contribution in [2.45, 2.75) is 39.8 Å². The SMILES string of the molecule is CCOc1cc(CNc2ccc3c(c2)OCO3)c(Br)cc1OCC(=O)NC(C)(C)C. The highest BCUT2D eigenvalue weighted by molar-refractivity contribution is 9.10. The van der Waals surface area contributed by atoms with E-state index in [0.29, 0.717) is 24.7 Å². The molecule has 162 valence electrons. The van der Waals surface area contributed by atoms with Gasteiger partial charge >= 0.3 is 0 Å². The Labute approximate surface area is 185 Å². The van der Waals surface area contributed by atoms with Crippen molar-refractivity contribution < 1.29 is 23.7 Å². The van der Waals surface area contributed by atoms with Crippen LogP contribution in [0.2, 0.25) is 0 Å². The van der Waals surface area contributed by atoms with Gasteiger partial charge in [0, 0.05) is 28.3 Å². The molecule has 7 nitrogen and oxygen atoms in total. The molecule has 0 bridgehead atoms. The molecule has 2 N–H and O–H groups in total. The van der Waals surface area contributed by atoms with Gasteiger partial charge in [-0.05, 0) is 57.5 Å². The van der Waals surface area contributed by atoms with Crippen LogP contribution in [-0.4, -0.2) is 31.5 Å². The molecule has 0 aliphatic carbocycles. The second-order valence-corrected chi connectivity index (χ2v) is 8.69. The largest absolute Gasteiger partial charge is 0.490 e. The maximum absolute atomic E-state index is 12.1. The summed E-state index contributed by atoms with van der Waals surface area (Å²) in [7, 11) is 0. The summed E-state index contributed by atoms with van der Waals surface area (Å²) in [6.45, 7) is 8.89. The number of anilines is 1. The number of halogens is 1. The predicted octanol–water partition coefficient (Wildman–Crippen LogP) is 4.48. The van der Waals surface area contributed by atoms with Crippen LogP contribution in [0.25, 0.3) is 0 Å². The standard InChI is InChI=1S/C22H27BrN2O5/c1-5-27-18-8-14(11-24-15-6-7-17-19(9-15)30-13-29-17)16(23)10-20(18)28-12-21(26)25-22(2,3)4/h6-10,24H,5,11-13H2,1-4H3,(H,25,26). The second kappa shape index (κ2) is 9.47. The van der Waals surface area contributed by atoms with Crippen molar-refractivity contribution in [3.8, 4) is 23.0 Å². The number of carbonyl (C=O) groups excluding carboxylic acids is 1. The van der Waals surface area contributed by atoms with E-state index < -0.39 is 0 Å². The molecule has 0 radical (unpaired) electrons. The van der Waals surface area contributed by atoms with Gasteiger partial charge in [-0.1, -0.05) is 15.9 Å². The van der Waals surface area contributed by atoms with Gasteiger partial charge in [0.25, 0.3) is 5.91 Å². The molecular weight excluding hydrogens is 452 g/mol. The fourth-order valence-corrected chi connectivity index (χ4v) is 3.36. The van der Waals surface area contributed by atoms with Crippen LogP contribution in [0.4, 0.5) is 5.69 Å². The van der Waals surface area contributed by atoms with Crippen molar-refractivity contribution in [3.63, 3.8) is 0 Å². The topological polar surface area (TPSA) is 78.1 Å². The molecule has 0 saturated carbocycles. The Morgan fingerprint density at radius 2 is 1.83 bits per heavy atom. The molecule has 8 heteroatoms. The number of carbonyl (C=O) groups is 1. The zero-order valence-electron chi connectivity index (χ0n) is 17.6. The first-order valence-electron chi connectivity index (χ1n) is 9.77. The van der Waals surface area contributed by atoms with E-state index in [9.17, 15) is 4.79 Å². The number of rotatable bonds is 8. The maximum atomic E-state index is 12.1. The number of hydrogen-bond donors (Lipinski definition) is 2. The van der Waals surface area contributed by atoms with E-state index in [-0.39, 0.29) is 24.8 Å². The normalized spacial score (nSPS) is 12.4. The van der Waals surface area contributed by atoms with Crippen LogP contribution in [-0.2, 0) is 11.3 Å². The molecule has 0 aromatic heterocycles. The van der Waals surface area contributed by atoms with Gasteiger partial charge in [0.1, 0.15) is 0 Å². The van der Waals surface area contributed by atoms with Gasteiger partial charge in [0.05, 0.1) is 6.61 Å². The summed E-state index contributed by atoms with van der Waals surface area (Å²) < 4.78 is 23.1. The first kappa shape index (κ1) is 22.1. The van der Waals surface area contributed by atoms with Crippen molar-refractivity contribution in [1.29, 1.82) is 0 Å². The van der Waals surface area contributed by atoms with Gasteiger partial charge in [0.15, 0.2) is 29.6 Å². The van der Waals surface area contributed by atoms with Crippen LogP contribution < -0.4 is 29.6 Å². The third kappa shape index (κ3) is 5.95. The second-order valence-electron chi connectivity index (χ2n) is 7.83. The Bertz CT molecular complexity index is 911. The number of ether oxygens (including phenoxy) is 4. The summed E-state index contributed by atoms with van der Waals surface area (Å²) in [5, 5.41) is 6.25. The molecular formula is C22H27BrN2O5. The molecule has 2 aromatic carbocycles. The molecule has 30 heavy (non-hydrogen) atoms. The highest BCUT2D eigenvalue weighted by Gasteiger charge is 2.17. The third-order valence-electron chi connectivity index (χ3n) is 4.14. The van der Waals surface area contributed by atoms with Crippen LogP contribution in [0, 0.1) is 0 Å². The number of fused-ring (bicyclic) bond motifs is 1. The van der Waals surface area contributed by atoms with Crippen molar-refractivity contribution >= 4 is 27.5 Å². The van der Waals surface area contributed by atoms with Crippen molar-refractivity contribution in [1.82, 2.24) is 5.32 Å². The zero-order valence-corrected chi connectivity index (χ0v) is 19.2. The third-order valence-corrected chi connectivity index (χ3v) is 4.88. The van der Waals surface area contributed by atoms with Crippen LogP contribution in [0.3, 0.4) is 0 Å².